The zero-order chi connectivity index (χ0) is 17.1. The van der Waals surface area contributed by atoms with Gasteiger partial charge in [0.1, 0.15) is 7.57 Å². The third kappa shape index (κ3) is 3.22. The van der Waals surface area contributed by atoms with E-state index in [4.69, 9.17) is 0 Å². The third-order valence-electron chi connectivity index (χ3n) is 4.67. The Bertz CT molecular complexity index is 845. The van der Waals surface area contributed by atoms with Gasteiger partial charge < -0.3 is 0 Å². The summed E-state index contributed by atoms with van der Waals surface area (Å²) in [6.07, 6.45) is 6.13. The summed E-state index contributed by atoms with van der Waals surface area (Å²) in [7, 11) is -0.942. The molecule has 0 fully saturated rings. The van der Waals surface area contributed by atoms with Crippen molar-refractivity contribution < 1.29 is 0 Å². The van der Waals surface area contributed by atoms with Gasteiger partial charge in [0.05, 0.1) is 10.6 Å². The number of benzene rings is 3. The molecule has 0 amide bonds. The Morgan fingerprint density at radius 2 is 1.28 bits per heavy atom. The average molecular weight is 342 g/mol. The number of rotatable bonds is 5. The molecule has 3 aromatic carbocycles. The summed E-state index contributed by atoms with van der Waals surface area (Å²) in [5.74, 6) is 0. The minimum atomic E-state index is -1.13. The van der Waals surface area contributed by atoms with Crippen LogP contribution in [0.2, 0.25) is 0 Å². The molecule has 25 heavy (non-hydrogen) atoms. The molecule has 0 unspecified atom stereocenters. The molecule has 0 atom stereocenters. The lowest BCUT2D eigenvalue weighted by molar-refractivity contribution is 1.25. The Labute approximate surface area is 152 Å². The molecule has 1 aliphatic rings. The van der Waals surface area contributed by atoms with Gasteiger partial charge in [0.25, 0.3) is 0 Å². The molecular formula is C23H24BP. The van der Waals surface area contributed by atoms with Crippen LogP contribution in [0, 0.1) is 0 Å². The maximum Gasteiger partial charge on any atom is 0.138 e. The highest BCUT2D eigenvalue weighted by molar-refractivity contribution is 8.08. The second-order valence-corrected chi connectivity index (χ2v) is 8.50. The first kappa shape index (κ1) is 16.4. The lowest BCUT2D eigenvalue weighted by atomic mass is 10.0. The van der Waals surface area contributed by atoms with Gasteiger partial charge in [-0.3, -0.25) is 0 Å². The van der Waals surface area contributed by atoms with Gasteiger partial charge in [-0.05, 0) is 47.4 Å². The van der Waals surface area contributed by atoms with E-state index in [0.29, 0.717) is 0 Å². The van der Waals surface area contributed by atoms with Crippen LogP contribution in [0.1, 0.15) is 17.5 Å². The molecule has 0 heterocycles. The molecule has 3 aromatic rings. The Balaban J connectivity index is 1.65. The van der Waals surface area contributed by atoms with Crippen molar-refractivity contribution in [3.63, 3.8) is 0 Å². The zero-order valence-electron chi connectivity index (χ0n) is 13.7. The summed E-state index contributed by atoms with van der Waals surface area (Å²) in [6, 6.07) is 31.6. The molecule has 4 rings (SSSR count). The Hall–Kier alpha value is -2.11. The average Bonchev–Trinajstić information content (AvgIpc) is 3.11. The van der Waals surface area contributed by atoms with E-state index in [9.17, 15) is 0 Å². The van der Waals surface area contributed by atoms with Crippen LogP contribution in [0.15, 0.2) is 91.0 Å². The fourth-order valence-corrected chi connectivity index (χ4v) is 5.79. The van der Waals surface area contributed by atoms with E-state index in [0.717, 1.165) is 6.42 Å². The van der Waals surface area contributed by atoms with Gasteiger partial charge in [-0.25, -0.2) is 0 Å². The Morgan fingerprint density at radius 1 is 0.720 bits per heavy atom. The van der Waals surface area contributed by atoms with Crippen molar-refractivity contribution in [3.05, 3.63) is 102 Å². The minimum Gasteiger partial charge on any atom is -0.0925 e. The molecule has 0 saturated carbocycles. The van der Waals surface area contributed by atoms with E-state index in [1.165, 1.54) is 23.7 Å². The van der Waals surface area contributed by atoms with Gasteiger partial charge >= 0.3 is 0 Å². The second-order valence-electron chi connectivity index (χ2n) is 6.16. The third-order valence-corrected chi connectivity index (χ3v) is 7.19. The number of fused-ring (bicyclic) bond motifs is 1. The van der Waals surface area contributed by atoms with Crippen molar-refractivity contribution in [1.29, 1.82) is 0 Å². The SMILES string of the molecule is [BH3-][P+](CCC1=CCc2ccccc21)(c1ccccc1)c1ccccc1. The van der Waals surface area contributed by atoms with Gasteiger partial charge in [0.2, 0.25) is 0 Å². The van der Waals surface area contributed by atoms with Crippen LogP contribution in [0.5, 0.6) is 0 Å². The highest BCUT2D eigenvalue weighted by atomic mass is 31.2. The van der Waals surface area contributed by atoms with Crippen molar-refractivity contribution in [3.8, 4) is 0 Å². The standard InChI is InChI=1S/C23H24BP/c24-25(21-10-3-1-4-11-21,22-12-5-2-6-13-22)18-17-20-16-15-19-9-7-8-14-23(19)20/h1-14,16H,15,17-18H2,24H3. The van der Waals surface area contributed by atoms with Crippen molar-refractivity contribution in [1.82, 2.24) is 0 Å². The van der Waals surface area contributed by atoms with Gasteiger partial charge in [-0.15, -0.1) is 0 Å². The quantitative estimate of drug-likeness (QED) is 0.486. The maximum absolute atomic E-state index is 2.46. The molecule has 0 aliphatic heterocycles. The van der Waals surface area contributed by atoms with Crippen molar-refractivity contribution >= 4 is 30.9 Å². The van der Waals surface area contributed by atoms with E-state index in [2.05, 4.69) is 91.0 Å². The highest BCUT2D eigenvalue weighted by Crippen LogP contribution is 2.53. The van der Waals surface area contributed by atoms with Crippen molar-refractivity contribution in [2.24, 2.45) is 0 Å². The molecule has 0 radical (unpaired) electrons. The molecule has 1 aliphatic carbocycles. The summed E-state index contributed by atoms with van der Waals surface area (Å²) in [5.41, 5.74) is 4.58. The first-order chi connectivity index (χ1) is 12.3. The lowest BCUT2D eigenvalue weighted by Crippen LogP contribution is -2.25. The van der Waals surface area contributed by atoms with Crippen LogP contribution in [-0.4, -0.2) is 13.7 Å². The monoisotopic (exact) mass is 342 g/mol. The molecule has 2 heteroatoms. The Kier molecular flexibility index (Phi) is 4.60. The van der Waals surface area contributed by atoms with Crippen LogP contribution >= 0.6 is 7.14 Å². The largest absolute Gasteiger partial charge is 0.138 e. The number of hydrogen-bond acceptors (Lipinski definition) is 0. The fraction of sp³-hybridized carbons (Fsp3) is 0.130. The lowest BCUT2D eigenvalue weighted by Gasteiger charge is -2.30. The van der Waals surface area contributed by atoms with Crippen LogP contribution < -0.4 is 10.6 Å². The van der Waals surface area contributed by atoms with Crippen LogP contribution in [0.4, 0.5) is 0 Å². The summed E-state index contributed by atoms with van der Waals surface area (Å²) >= 11 is 0. The zero-order valence-corrected chi connectivity index (χ0v) is 14.6. The van der Waals surface area contributed by atoms with Crippen molar-refractivity contribution in [2.75, 3.05) is 6.16 Å². The number of allylic oxidation sites excluding steroid dienone is 2. The van der Waals surface area contributed by atoms with Crippen LogP contribution in [0.25, 0.3) is 5.57 Å². The van der Waals surface area contributed by atoms with Gasteiger partial charge in [-0.2, -0.15) is 0 Å². The number of hydrogen-bond donors (Lipinski definition) is 0. The predicted molar refractivity (Wildman–Crippen MR) is 117 cm³/mol. The molecule has 0 nitrogen and oxygen atoms in total. The molecule has 0 N–H and O–H groups in total. The first-order valence-electron chi connectivity index (χ1n) is 8.57. The second kappa shape index (κ2) is 7.02. The van der Waals surface area contributed by atoms with Crippen LogP contribution in [-0.2, 0) is 6.42 Å². The summed E-state index contributed by atoms with van der Waals surface area (Å²) in [4.78, 5) is 0. The van der Waals surface area contributed by atoms with Gasteiger partial charge in [0, 0.05) is 12.6 Å². The molecule has 0 bridgehead atoms. The van der Waals surface area contributed by atoms with Crippen LogP contribution in [0.3, 0.4) is 0 Å². The first-order valence-corrected chi connectivity index (χ1v) is 10.1. The smallest absolute Gasteiger partial charge is 0.0925 e. The normalized spacial score (nSPS) is 13.4. The fourth-order valence-electron chi connectivity index (χ4n) is 3.45. The summed E-state index contributed by atoms with van der Waals surface area (Å²) < 4.78 is 0. The van der Waals surface area contributed by atoms with E-state index >= 15 is 0 Å². The van der Waals surface area contributed by atoms with Gasteiger partial charge in [-0.1, -0.05) is 73.9 Å². The Morgan fingerprint density at radius 3 is 1.92 bits per heavy atom. The highest BCUT2D eigenvalue weighted by Gasteiger charge is 2.30. The topological polar surface area (TPSA) is 0 Å². The van der Waals surface area contributed by atoms with E-state index in [1.54, 1.807) is 16.2 Å². The van der Waals surface area contributed by atoms with Crippen molar-refractivity contribution in [2.45, 2.75) is 12.8 Å². The molecule has 0 aromatic heterocycles. The molecular weight excluding hydrogens is 318 g/mol. The minimum absolute atomic E-state index is 0.187. The van der Waals surface area contributed by atoms with E-state index < -0.39 is 7.14 Å². The predicted octanol–water partition coefficient (Wildman–Crippen LogP) is 3.97. The summed E-state index contributed by atoms with van der Waals surface area (Å²) in [6.45, 7) is 0. The molecule has 0 spiro atoms. The van der Waals surface area contributed by atoms with E-state index in [1.807, 2.05) is 0 Å². The van der Waals surface area contributed by atoms with Gasteiger partial charge in [0.15, 0.2) is 0 Å². The maximum atomic E-state index is 2.46. The molecule has 124 valence electrons. The van der Waals surface area contributed by atoms with E-state index in [-0.39, 0.29) is 7.57 Å². The summed E-state index contributed by atoms with van der Waals surface area (Å²) in [5, 5.41) is 3.24. The molecule has 0 saturated heterocycles.